The Morgan fingerprint density at radius 3 is 2.44 bits per heavy atom. The van der Waals surface area contributed by atoms with Crippen LogP contribution in [-0.2, 0) is 9.53 Å². The number of pyridine rings is 1. The lowest BCUT2D eigenvalue weighted by molar-refractivity contribution is -0.127. The average Bonchev–Trinajstić information content (AvgIpc) is 2.59. The van der Waals surface area contributed by atoms with Crippen LogP contribution in [0, 0.1) is 5.82 Å². The minimum Gasteiger partial charge on any atom is -0.444 e. The second-order valence-corrected chi connectivity index (χ2v) is 5.33. The predicted molar refractivity (Wildman–Crippen MR) is 88.3 cm³/mol. The third-order valence-electron chi connectivity index (χ3n) is 3.63. The Kier molecular flexibility index (Phi) is 4.30. The molecule has 126 valence electrons. The number of aromatic amines is 1. The number of amides is 1. The highest BCUT2D eigenvalue weighted by atomic mass is 19.1. The molecule has 3 rings (SSSR count). The Bertz CT molecular complexity index is 1010. The lowest BCUT2D eigenvalue weighted by atomic mass is 10.1. The predicted octanol–water partition coefficient (Wildman–Crippen LogP) is 2.05. The fourth-order valence-corrected chi connectivity index (χ4v) is 2.47. The number of nitrogens with two attached hydrogens (primary N) is 1. The van der Waals surface area contributed by atoms with E-state index in [1.807, 2.05) is 0 Å². The largest absolute Gasteiger partial charge is 0.444 e. The maximum absolute atomic E-state index is 13.0. The number of aromatic nitrogens is 1. The third kappa shape index (κ3) is 3.40. The molecule has 1 aromatic heterocycles. The van der Waals surface area contributed by atoms with Crippen molar-refractivity contribution in [2.24, 2.45) is 5.73 Å². The Labute approximate surface area is 141 Å². The minimum atomic E-state index is -1.40. The first kappa shape index (κ1) is 16.4. The van der Waals surface area contributed by atoms with E-state index < -0.39 is 29.4 Å². The molecule has 2 aromatic carbocycles. The van der Waals surface area contributed by atoms with Gasteiger partial charge in [0, 0.05) is 22.5 Å². The summed E-state index contributed by atoms with van der Waals surface area (Å²) in [5.74, 6) is -2.29. The topological polar surface area (TPSA) is 102 Å². The molecule has 0 saturated carbocycles. The lowest BCUT2D eigenvalue weighted by Crippen LogP contribution is -2.26. The molecule has 1 amide bonds. The number of para-hydroxylation sites is 1. The van der Waals surface area contributed by atoms with Crippen LogP contribution in [0.3, 0.4) is 0 Å². The number of nitrogens with one attached hydrogen (secondary N) is 1. The van der Waals surface area contributed by atoms with Crippen molar-refractivity contribution in [3.63, 3.8) is 0 Å². The fourth-order valence-electron chi connectivity index (χ4n) is 2.47. The van der Waals surface area contributed by atoms with Gasteiger partial charge < -0.3 is 15.5 Å². The zero-order valence-corrected chi connectivity index (χ0v) is 12.9. The SMILES string of the molecule is NC(=O)C(OC(=O)c1cc(=O)[nH]c2ccccc12)c1ccc(F)cc1. The standard InChI is InChI=1S/C18H13FN2O4/c19-11-7-5-10(6-8-11)16(17(20)23)25-18(24)13-9-15(22)21-14-4-2-1-3-12(13)14/h1-9,16H,(H2,20,23)(H,21,22). The second kappa shape index (κ2) is 6.56. The molecule has 3 aromatic rings. The summed E-state index contributed by atoms with van der Waals surface area (Å²) in [6, 6.07) is 12.6. The molecule has 1 atom stereocenters. The van der Waals surface area contributed by atoms with Crippen molar-refractivity contribution in [1.29, 1.82) is 0 Å². The molecule has 0 bridgehead atoms. The highest BCUT2D eigenvalue weighted by Crippen LogP contribution is 2.22. The van der Waals surface area contributed by atoms with Gasteiger partial charge in [-0.3, -0.25) is 9.59 Å². The van der Waals surface area contributed by atoms with Crippen molar-refractivity contribution < 1.29 is 18.7 Å². The van der Waals surface area contributed by atoms with Gasteiger partial charge in [-0.1, -0.05) is 30.3 Å². The van der Waals surface area contributed by atoms with Gasteiger partial charge in [-0.2, -0.15) is 0 Å². The quantitative estimate of drug-likeness (QED) is 0.710. The number of fused-ring (bicyclic) bond motifs is 1. The van der Waals surface area contributed by atoms with Gasteiger partial charge in [0.1, 0.15) is 5.82 Å². The summed E-state index contributed by atoms with van der Waals surface area (Å²) >= 11 is 0. The normalized spacial score (nSPS) is 11.9. The van der Waals surface area contributed by atoms with E-state index >= 15 is 0 Å². The first-order chi connectivity index (χ1) is 12.0. The Morgan fingerprint density at radius 2 is 1.76 bits per heavy atom. The summed E-state index contributed by atoms with van der Waals surface area (Å²) in [5.41, 5.74) is 5.51. The molecular formula is C18H13FN2O4. The van der Waals surface area contributed by atoms with E-state index in [2.05, 4.69) is 4.98 Å². The van der Waals surface area contributed by atoms with E-state index in [1.54, 1.807) is 24.3 Å². The summed E-state index contributed by atoms with van der Waals surface area (Å²) in [4.78, 5) is 38.5. The number of H-pyrrole nitrogens is 1. The highest BCUT2D eigenvalue weighted by molar-refractivity contribution is 6.04. The maximum Gasteiger partial charge on any atom is 0.340 e. The maximum atomic E-state index is 13.0. The molecule has 25 heavy (non-hydrogen) atoms. The molecule has 1 heterocycles. The highest BCUT2D eigenvalue weighted by Gasteiger charge is 2.24. The number of halogens is 1. The van der Waals surface area contributed by atoms with Gasteiger partial charge in [-0.05, 0) is 18.2 Å². The number of ether oxygens (including phenoxy) is 1. The van der Waals surface area contributed by atoms with Gasteiger partial charge in [0.25, 0.3) is 5.91 Å². The van der Waals surface area contributed by atoms with Crippen molar-refractivity contribution in [3.8, 4) is 0 Å². The van der Waals surface area contributed by atoms with E-state index in [1.165, 1.54) is 12.1 Å². The van der Waals surface area contributed by atoms with Gasteiger partial charge in [0.2, 0.25) is 11.7 Å². The van der Waals surface area contributed by atoms with Crippen molar-refractivity contribution >= 4 is 22.8 Å². The van der Waals surface area contributed by atoms with E-state index in [0.717, 1.165) is 18.2 Å². The smallest absolute Gasteiger partial charge is 0.340 e. The monoisotopic (exact) mass is 340 g/mol. The van der Waals surface area contributed by atoms with Crippen LogP contribution in [0.1, 0.15) is 22.0 Å². The Morgan fingerprint density at radius 1 is 1.08 bits per heavy atom. The number of rotatable bonds is 4. The van der Waals surface area contributed by atoms with Crippen LogP contribution in [0.15, 0.2) is 59.4 Å². The van der Waals surface area contributed by atoms with E-state index in [0.29, 0.717) is 10.9 Å². The van der Waals surface area contributed by atoms with Crippen LogP contribution in [0.2, 0.25) is 0 Å². The molecule has 0 aliphatic rings. The van der Waals surface area contributed by atoms with Crippen LogP contribution in [-0.4, -0.2) is 16.9 Å². The number of hydrogen-bond acceptors (Lipinski definition) is 4. The molecular weight excluding hydrogens is 327 g/mol. The molecule has 0 aliphatic heterocycles. The first-order valence-corrected chi connectivity index (χ1v) is 7.33. The first-order valence-electron chi connectivity index (χ1n) is 7.33. The summed E-state index contributed by atoms with van der Waals surface area (Å²) in [5, 5.41) is 0.467. The van der Waals surface area contributed by atoms with Gasteiger partial charge in [-0.25, -0.2) is 9.18 Å². The second-order valence-electron chi connectivity index (χ2n) is 5.33. The number of carbonyl (C=O) groups excluding carboxylic acids is 2. The molecule has 0 saturated heterocycles. The molecule has 3 N–H and O–H groups in total. The molecule has 7 heteroatoms. The van der Waals surface area contributed by atoms with Gasteiger partial charge in [-0.15, -0.1) is 0 Å². The summed E-state index contributed by atoms with van der Waals surface area (Å²) in [6.45, 7) is 0. The number of esters is 1. The van der Waals surface area contributed by atoms with Crippen LogP contribution in [0.4, 0.5) is 4.39 Å². The fraction of sp³-hybridized carbons (Fsp3) is 0.0556. The summed E-state index contributed by atoms with van der Waals surface area (Å²) < 4.78 is 18.2. The zero-order chi connectivity index (χ0) is 18.0. The average molecular weight is 340 g/mol. The lowest BCUT2D eigenvalue weighted by Gasteiger charge is -2.15. The van der Waals surface area contributed by atoms with Crippen molar-refractivity contribution in [2.45, 2.75) is 6.10 Å². The number of hydrogen-bond donors (Lipinski definition) is 2. The molecule has 0 radical (unpaired) electrons. The molecule has 0 aliphatic carbocycles. The van der Waals surface area contributed by atoms with Gasteiger partial charge >= 0.3 is 5.97 Å². The summed E-state index contributed by atoms with van der Waals surface area (Å²) in [7, 11) is 0. The van der Waals surface area contributed by atoms with Crippen LogP contribution >= 0.6 is 0 Å². The molecule has 0 spiro atoms. The summed E-state index contributed by atoms with van der Waals surface area (Å²) in [6.07, 6.45) is -1.40. The zero-order valence-electron chi connectivity index (χ0n) is 12.9. The van der Waals surface area contributed by atoms with E-state index in [-0.39, 0.29) is 11.1 Å². The third-order valence-corrected chi connectivity index (χ3v) is 3.63. The number of primary amides is 1. The molecule has 0 fully saturated rings. The van der Waals surface area contributed by atoms with Crippen molar-refractivity contribution in [1.82, 2.24) is 4.98 Å². The Hall–Kier alpha value is -3.48. The Balaban J connectivity index is 1.99. The van der Waals surface area contributed by atoms with Gasteiger partial charge in [0.05, 0.1) is 5.56 Å². The minimum absolute atomic E-state index is 0.00714. The number of carbonyl (C=O) groups is 2. The van der Waals surface area contributed by atoms with Crippen LogP contribution in [0.5, 0.6) is 0 Å². The van der Waals surface area contributed by atoms with E-state index in [4.69, 9.17) is 10.5 Å². The number of benzene rings is 2. The van der Waals surface area contributed by atoms with Crippen LogP contribution < -0.4 is 11.3 Å². The molecule has 1 unspecified atom stereocenters. The van der Waals surface area contributed by atoms with Crippen LogP contribution in [0.25, 0.3) is 10.9 Å². The van der Waals surface area contributed by atoms with Gasteiger partial charge in [0.15, 0.2) is 0 Å². The van der Waals surface area contributed by atoms with E-state index in [9.17, 15) is 18.8 Å². The molecule has 6 nitrogen and oxygen atoms in total. The van der Waals surface area contributed by atoms with Crippen molar-refractivity contribution in [2.75, 3.05) is 0 Å². The van der Waals surface area contributed by atoms with Crippen molar-refractivity contribution in [3.05, 3.63) is 81.9 Å².